The predicted molar refractivity (Wildman–Crippen MR) is 136 cm³/mol. The molecule has 0 spiro atoms. The molecule has 1 aromatic heterocycles. The maximum atomic E-state index is 13.2. The van der Waals surface area contributed by atoms with E-state index in [0.717, 1.165) is 29.1 Å². The normalized spacial score (nSPS) is 29.7. The second-order valence-corrected chi connectivity index (χ2v) is 11.9. The monoisotopic (exact) mass is 502 g/mol. The highest BCUT2D eigenvalue weighted by Gasteiger charge is 2.59. The van der Waals surface area contributed by atoms with Crippen molar-refractivity contribution >= 4 is 17.2 Å². The fourth-order valence-electron chi connectivity index (χ4n) is 6.41. The van der Waals surface area contributed by atoms with E-state index in [1.807, 2.05) is 32.0 Å². The van der Waals surface area contributed by atoms with Gasteiger partial charge in [-0.05, 0) is 61.6 Å². The number of benzene rings is 1. The molecule has 2 aliphatic carbocycles. The van der Waals surface area contributed by atoms with Gasteiger partial charge >= 0.3 is 0 Å². The Morgan fingerprint density at radius 2 is 2.00 bits per heavy atom. The molecule has 1 heterocycles. The van der Waals surface area contributed by atoms with Crippen LogP contribution in [0.25, 0.3) is 0 Å². The van der Waals surface area contributed by atoms with Crippen LogP contribution in [0.1, 0.15) is 60.2 Å². The topological polar surface area (TPSA) is 101 Å². The lowest BCUT2D eigenvalue weighted by molar-refractivity contribution is -0.144. The van der Waals surface area contributed by atoms with Crippen LogP contribution < -0.4 is 14.8 Å². The van der Waals surface area contributed by atoms with Crippen LogP contribution >= 0.6 is 11.3 Å². The summed E-state index contributed by atoms with van der Waals surface area (Å²) in [7, 11) is 3.22. The van der Waals surface area contributed by atoms with Crippen molar-refractivity contribution in [2.45, 2.75) is 64.9 Å². The second kappa shape index (κ2) is 10.1. The summed E-state index contributed by atoms with van der Waals surface area (Å²) in [4.78, 5) is 19.2. The number of aliphatic hydroxyl groups excluding tert-OH is 2. The molecule has 0 radical (unpaired) electrons. The second-order valence-electron chi connectivity index (χ2n) is 10.6. The van der Waals surface area contributed by atoms with Gasteiger partial charge in [-0.25, -0.2) is 4.98 Å². The van der Waals surface area contributed by atoms with E-state index in [2.05, 4.69) is 12.2 Å². The SMILES string of the molecule is COc1ccc(CCNC(=O)CC2c3nc(C)sc3CC3C(C)(CO)C(O)CCC23C)cc1OC. The average molecular weight is 503 g/mol. The number of aromatic nitrogens is 1. The van der Waals surface area contributed by atoms with Gasteiger partial charge in [-0.2, -0.15) is 0 Å². The summed E-state index contributed by atoms with van der Waals surface area (Å²) >= 11 is 1.68. The van der Waals surface area contributed by atoms with Gasteiger partial charge < -0.3 is 25.0 Å². The van der Waals surface area contributed by atoms with Gasteiger partial charge in [-0.3, -0.25) is 4.79 Å². The number of methoxy groups -OCH3 is 2. The van der Waals surface area contributed by atoms with Crippen molar-refractivity contribution in [2.75, 3.05) is 27.4 Å². The van der Waals surface area contributed by atoms with Gasteiger partial charge in [-0.1, -0.05) is 19.9 Å². The molecule has 1 aromatic carbocycles. The van der Waals surface area contributed by atoms with Gasteiger partial charge in [0.2, 0.25) is 5.91 Å². The Balaban J connectivity index is 1.50. The third kappa shape index (κ3) is 4.68. The minimum absolute atomic E-state index is 0.00535. The van der Waals surface area contributed by atoms with Crippen LogP contribution in [0.4, 0.5) is 0 Å². The zero-order chi connectivity index (χ0) is 25.4. The number of nitrogens with zero attached hydrogens (tertiary/aromatic N) is 1. The van der Waals surface area contributed by atoms with E-state index in [1.165, 1.54) is 4.88 Å². The van der Waals surface area contributed by atoms with Crippen molar-refractivity contribution in [2.24, 2.45) is 16.7 Å². The first kappa shape index (κ1) is 25.9. The van der Waals surface area contributed by atoms with Crippen molar-refractivity contribution in [1.29, 1.82) is 0 Å². The minimum atomic E-state index is -0.593. The van der Waals surface area contributed by atoms with Crippen LogP contribution in [-0.4, -0.2) is 54.6 Å². The number of hydrogen-bond donors (Lipinski definition) is 3. The van der Waals surface area contributed by atoms with Crippen molar-refractivity contribution in [1.82, 2.24) is 10.3 Å². The molecule has 192 valence electrons. The van der Waals surface area contributed by atoms with Crippen LogP contribution in [-0.2, 0) is 17.6 Å². The Morgan fingerprint density at radius 1 is 1.26 bits per heavy atom. The van der Waals surface area contributed by atoms with Gasteiger partial charge in [0.15, 0.2) is 11.5 Å². The third-order valence-corrected chi connectivity index (χ3v) is 9.58. The highest BCUT2D eigenvalue weighted by molar-refractivity contribution is 7.11. The Kier molecular flexibility index (Phi) is 7.46. The smallest absolute Gasteiger partial charge is 0.220 e. The van der Waals surface area contributed by atoms with Crippen molar-refractivity contribution in [3.63, 3.8) is 0 Å². The highest BCUT2D eigenvalue weighted by atomic mass is 32.1. The lowest BCUT2D eigenvalue weighted by Crippen LogP contribution is -2.57. The first-order valence-corrected chi connectivity index (χ1v) is 13.2. The molecule has 4 rings (SSSR count). The summed E-state index contributed by atoms with van der Waals surface area (Å²) in [6, 6.07) is 5.79. The van der Waals surface area contributed by atoms with E-state index in [-0.39, 0.29) is 29.8 Å². The van der Waals surface area contributed by atoms with Crippen LogP contribution in [0.3, 0.4) is 0 Å². The molecule has 2 aliphatic rings. The first-order chi connectivity index (χ1) is 16.7. The summed E-state index contributed by atoms with van der Waals surface area (Å²) in [6.45, 7) is 6.70. The summed E-state index contributed by atoms with van der Waals surface area (Å²) in [5.41, 5.74) is 1.29. The number of aliphatic hydroxyl groups is 2. The number of aryl methyl sites for hydroxylation is 1. The Bertz CT molecular complexity index is 1070. The lowest BCUT2D eigenvalue weighted by atomic mass is 9.47. The molecule has 5 atom stereocenters. The molecule has 8 heteroatoms. The number of fused-ring (bicyclic) bond motifs is 2. The molecule has 3 N–H and O–H groups in total. The Hall–Kier alpha value is -2.16. The molecule has 5 unspecified atom stereocenters. The molecule has 35 heavy (non-hydrogen) atoms. The van der Waals surface area contributed by atoms with Gasteiger partial charge in [0.25, 0.3) is 0 Å². The molecule has 1 saturated carbocycles. The molecule has 2 aromatic rings. The summed E-state index contributed by atoms with van der Waals surface area (Å²) < 4.78 is 10.7. The van der Waals surface area contributed by atoms with Crippen LogP contribution in [0.2, 0.25) is 0 Å². The first-order valence-electron chi connectivity index (χ1n) is 12.4. The number of ether oxygens (including phenoxy) is 2. The van der Waals surface area contributed by atoms with Crippen LogP contribution in [0, 0.1) is 23.7 Å². The largest absolute Gasteiger partial charge is 0.493 e. The number of thiazole rings is 1. The van der Waals surface area contributed by atoms with E-state index < -0.39 is 11.5 Å². The summed E-state index contributed by atoms with van der Waals surface area (Å²) in [5.74, 6) is 1.41. The summed E-state index contributed by atoms with van der Waals surface area (Å²) in [6.07, 6.45) is 2.73. The van der Waals surface area contributed by atoms with E-state index in [1.54, 1.807) is 25.6 Å². The number of rotatable bonds is 8. The fraction of sp³-hybridized carbons (Fsp3) is 0.630. The fourth-order valence-corrected chi connectivity index (χ4v) is 7.45. The van der Waals surface area contributed by atoms with Gasteiger partial charge in [-0.15, -0.1) is 11.3 Å². The zero-order valence-electron chi connectivity index (χ0n) is 21.4. The number of nitrogens with one attached hydrogen (secondary N) is 1. The molecule has 7 nitrogen and oxygen atoms in total. The highest BCUT2D eigenvalue weighted by Crippen LogP contribution is 2.62. The van der Waals surface area contributed by atoms with Gasteiger partial charge in [0, 0.05) is 29.2 Å². The maximum absolute atomic E-state index is 13.2. The standard InChI is InChI=1S/C27H38N2O5S/c1-16-29-25-18(13-24(32)28-11-9-17-6-7-19(33-4)20(12-17)34-5)26(2)10-8-23(31)27(3,15-30)22(26)14-21(25)35-16/h6-7,12,18,22-23,30-31H,8-11,13-15H2,1-5H3,(H,28,32). The molecule has 0 saturated heterocycles. The average Bonchev–Trinajstić information content (AvgIpc) is 3.22. The van der Waals surface area contributed by atoms with E-state index in [4.69, 9.17) is 14.5 Å². The van der Waals surface area contributed by atoms with Gasteiger partial charge in [0.1, 0.15) is 0 Å². The van der Waals surface area contributed by atoms with Crippen molar-refractivity contribution < 1.29 is 24.5 Å². The van der Waals surface area contributed by atoms with Crippen LogP contribution in [0.15, 0.2) is 18.2 Å². The zero-order valence-corrected chi connectivity index (χ0v) is 22.2. The van der Waals surface area contributed by atoms with Crippen molar-refractivity contribution in [3.8, 4) is 11.5 Å². The number of hydrogen-bond acceptors (Lipinski definition) is 7. The van der Waals surface area contributed by atoms with E-state index >= 15 is 0 Å². The molecule has 1 amide bonds. The third-order valence-electron chi connectivity index (χ3n) is 8.57. The Labute approximate surface area is 211 Å². The molecule has 1 fully saturated rings. The number of carbonyl (C=O) groups excluding carboxylic acids is 1. The van der Waals surface area contributed by atoms with Crippen LogP contribution in [0.5, 0.6) is 11.5 Å². The number of carbonyl (C=O) groups is 1. The van der Waals surface area contributed by atoms with E-state index in [0.29, 0.717) is 37.3 Å². The van der Waals surface area contributed by atoms with Crippen molar-refractivity contribution in [3.05, 3.63) is 39.3 Å². The quantitative estimate of drug-likeness (QED) is 0.510. The van der Waals surface area contributed by atoms with Gasteiger partial charge in [0.05, 0.1) is 37.6 Å². The Morgan fingerprint density at radius 3 is 2.69 bits per heavy atom. The molecule has 0 bridgehead atoms. The maximum Gasteiger partial charge on any atom is 0.220 e. The molecular weight excluding hydrogens is 464 g/mol. The number of amides is 1. The molecule has 0 aliphatic heterocycles. The van der Waals surface area contributed by atoms with E-state index in [9.17, 15) is 15.0 Å². The summed E-state index contributed by atoms with van der Waals surface area (Å²) in [5, 5.41) is 25.3. The lowest BCUT2D eigenvalue weighted by Gasteiger charge is -2.58. The molecular formula is C27H38N2O5S. The minimum Gasteiger partial charge on any atom is -0.493 e. The predicted octanol–water partition coefficient (Wildman–Crippen LogP) is 3.63.